The van der Waals surface area contributed by atoms with Gasteiger partial charge in [0.2, 0.25) is 5.95 Å². The number of piperazine rings is 1. The number of rotatable bonds is 2. The van der Waals surface area contributed by atoms with E-state index in [4.69, 9.17) is 15.0 Å². The first-order valence-corrected chi connectivity index (χ1v) is 9.87. The molecule has 0 bridgehead atoms. The van der Waals surface area contributed by atoms with E-state index in [1.165, 1.54) is 5.56 Å². The quantitative estimate of drug-likeness (QED) is 0.549. The van der Waals surface area contributed by atoms with Gasteiger partial charge in [0, 0.05) is 37.9 Å². The minimum Gasteiger partial charge on any atom is -0.338 e. The highest BCUT2D eigenvalue weighted by Crippen LogP contribution is 2.35. The molecule has 1 aromatic carbocycles. The van der Waals surface area contributed by atoms with Crippen LogP contribution in [-0.4, -0.2) is 64.0 Å². The molecule has 1 fully saturated rings. The molecule has 2 N–H and O–H groups in total. The molecule has 2 aliphatic rings. The average Bonchev–Trinajstić information content (AvgIpc) is 2.98. The lowest BCUT2D eigenvalue weighted by Crippen LogP contribution is -2.45. The average molecular weight is 388 g/mol. The maximum Gasteiger partial charge on any atom is 0.227 e. The first kappa shape index (κ1) is 17.8. The molecule has 0 atom stereocenters. The summed E-state index contributed by atoms with van der Waals surface area (Å²) in [6, 6.07) is 8.37. The maximum absolute atomic E-state index is 4.95. The van der Waals surface area contributed by atoms with E-state index in [1.54, 1.807) is 0 Å². The van der Waals surface area contributed by atoms with E-state index >= 15 is 0 Å². The number of anilines is 3. The van der Waals surface area contributed by atoms with Gasteiger partial charge in [0.05, 0.1) is 17.0 Å². The fraction of sp³-hybridized carbons (Fsp3) is 0.333. The zero-order valence-electron chi connectivity index (χ0n) is 16.9. The monoisotopic (exact) mass is 388 g/mol. The lowest BCUT2D eigenvalue weighted by Gasteiger charge is -2.32. The second-order valence-electron chi connectivity index (χ2n) is 7.72. The number of nitrogens with one attached hydrogen (secondary N) is 2. The summed E-state index contributed by atoms with van der Waals surface area (Å²) in [5, 5.41) is 10.8. The molecule has 0 amide bonds. The van der Waals surface area contributed by atoms with Crippen LogP contribution in [0.3, 0.4) is 0 Å². The standard InChI is InChI=1S/C21H24N8/c1-13-4-6-15(7-5-13)18-16-12-22-21(29-10-8-28(3)9-11-29)25-19(16)24-20-17(23-18)14(2)26-27-20/h4-7,12H,8-11H2,1-3H3,(H2,22,24,25,26,27). The van der Waals surface area contributed by atoms with Crippen LogP contribution < -0.4 is 10.2 Å². The van der Waals surface area contributed by atoms with Gasteiger partial charge in [-0.25, -0.2) is 9.98 Å². The van der Waals surface area contributed by atoms with Gasteiger partial charge in [-0.2, -0.15) is 10.1 Å². The van der Waals surface area contributed by atoms with Gasteiger partial charge in [-0.15, -0.1) is 0 Å². The van der Waals surface area contributed by atoms with Crippen molar-refractivity contribution in [2.24, 2.45) is 4.99 Å². The third-order valence-electron chi connectivity index (χ3n) is 5.52. The number of nitrogens with zero attached hydrogens (tertiary/aromatic N) is 6. The van der Waals surface area contributed by atoms with E-state index in [0.29, 0.717) is 5.82 Å². The minimum absolute atomic E-state index is 0.689. The topological polar surface area (TPSA) is 85.3 Å². The van der Waals surface area contributed by atoms with Crippen LogP contribution in [0.4, 0.5) is 23.3 Å². The van der Waals surface area contributed by atoms with Crippen LogP contribution in [-0.2, 0) is 0 Å². The molecule has 0 spiro atoms. The van der Waals surface area contributed by atoms with Gasteiger partial charge in [0.25, 0.3) is 0 Å². The lowest BCUT2D eigenvalue weighted by atomic mass is 10.0. The summed E-state index contributed by atoms with van der Waals surface area (Å²) in [4.78, 5) is 19.1. The first-order chi connectivity index (χ1) is 14.1. The Kier molecular flexibility index (Phi) is 4.28. The van der Waals surface area contributed by atoms with Gasteiger partial charge in [0.15, 0.2) is 5.82 Å². The number of hydrogen-bond donors (Lipinski definition) is 2. The first-order valence-electron chi connectivity index (χ1n) is 9.87. The number of aliphatic imine (C=N–C) groups is 1. The normalized spacial score (nSPS) is 16.5. The fourth-order valence-electron chi connectivity index (χ4n) is 3.66. The Balaban J connectivity index is 1.61. The number of aryl methyl sites for hydroxylation is 2. The third-order valence-corrected chi connectivity index (χ3v) is 5.52. The molecule has 148 valence electrons. The highest BCUT2D eigenvalue weighted by atomic mass is 15.3. The van der Waals surface area contributed by atoms with Crippen molar-refractivity contribution in [2.75, 3.05) is 43.4 Å². The van der Waals surface area contributed by atoms with Crippen molar-refractivity contribution >= 4 is 29.0 Å². The van der Waals surface area contributed by atoms with Crippen molar-refractivity contribution in [3.05, 3.63) is 52.8 Å². The highest BCUT2D eigenvalue weighted by molar-refractivity contribution is 6.17. The molecule has 2 aliphatic heterocycles. The Morgan fingerprint density at radius 3 is 2.48 bits per heavy atom. The number of likely N-dealkylation sites (N-methyl/N-ethyl adjacent to an activating group) is 1. The van der Waals surface area contributed by atoms with E-state index in [9.17, 15) is 0 Å². The van der Waals surface area contributed by atoms with Crippen LogP contribution in [0.1, 0.15) is 22.4 Å². The second kappa shape index (κ2) is 6.97. The molecule has 29 heavy (non-hydrogen) atoms. The smallest absolute Gasteiger partial charge is 0.227 e. The number of hydrogen-bond acceptors (Lipinski definition) is 7. The Morgan fingerprint density at radius 2 is 1.72 bits per heavy atom. The fourth-order valence-corrected chi connectivity index (χ4v) is 3.66. The van der Waals surface area contributed by atoms with Gasteiger partial charge >= 0.3 is 0 Å². The summed E-state index contributed by atoms with van der Waals surface area (Å²) in [5.41, 5.74) is 5.69. The number of aromatic nitrogens is 4. The van der Waals surface area contributed by atoms with Crippen molar-refractivity contribution in [1.29, 1.82) is 0 Å². The molecule has 8 heteroatoms. The molecule has 1 saturated heterocycles. The van der Waals surface area contributed by atoms with Gasteiger partial charge in [-0.05, 0) is 20.9 Å². The number of benzene rings is 1. The van der Waals surface area contributed by atoms with Crippen LogP contribution in [0.25, 0.3) is 0 Å². The molecule has 0 radical (unpaired) electrons. The number of fused-ring (bicyclic) bond motifs is 2. The van der Waals surface area contributed by atoms with Crippen molar-refractivity contribution in [2.45, 2.75) is 13.8 Å². The van der Waals surface area contributed by atoms with E-state index in [0.717, 1.165) is 66.2 Å². The van der Waals surface area contributed by atoms with Crippen molar-refractivity contribution < 1.29 is 0 Å². The van der Waals surface area contributed by atoms with Crippen molar-refractivity contribution in [3.8, 4) is 0 Å². The van der Waals surface area contributed by atoms with E-state index in [1.807, 2.05) is 13.1 Å². The van der Waals surface area contributed by atoms with Crippen molar-refractivity contribution in [1.82, 2.24) is 25.1 Å². The summed E-state index contributed by atoms with van der Waals surface area (Å²) in [6.07, 6.45) is 1.88. The maximum atomic E-state index is 4.95. The molecule has 3 aromatic rings. The van der Waals surface area contributed by atoms with Crippen LogP contribution in [0.2, 0.25) is 0 Å². The predicted molar refractivity (Wildman–Crippen MR) is 115 cm³/mol. The summed E-state index contributed by atoms with van der Waals surface area (Å²) in [6.45, 7) is 7.90. The molecule has 5 rings (SSSR count). The zero-order valence-corrected chi connectivity index (χ0v) is 16.9. The SMILES string of the molecule is Cc1ccc(C2=Nc3c(n[nH]c3C)Nc3nc(N4CCN(C)CC4)ncc32)cc1. The minimum atomic E-state index is 0.689. The second-order valence-corrected chi connectivity index (χ2v) is 7.72. The summed E-state index contributed by atoms with van der Waals surface area (Å²) >= 11 is 0. The molecule has 2 aromatic heterocycles. The van der Waals surface area contributed by atoms with Crippen LogP contribution in [0.15, 0.2) is 35.5 Å². The molecule has 0 aliphatic carbocycles. The van der Waals surface area contributed by atoms with Crippen LogP contribution in [0, 0.1) is 13.8 Å². The molecular formula is C21H24N8. The largest absolute Gasteiger partial charge is 0.338 e. The number of aromatic amines is 1. The third kappa shape index (κ3) is 3.25. The van der Waals surface area contributed by atoms with E-state index < -0.39 is 0 Å². The summed E-state index contributed by atoms with van der Waals surface area (Å²) in [5.74, 6) is 2.16. The molecule has 4 heterocycles. The van der Waals surface area contributed by atoms with Gasteiger partial charge in [-0.1, -0.05) is 29.8 Å². The molecule has 0 unspecified atom stereocenters. The Hall–Kier alpha value is -3.26. The molecular weight excluding hydrogens is 364 g/mol. The predicted octanol–water partition coefficient (Wildman–Crippen LogP) is 2.79. The van der Waals surface area contributed by atoms with Gasteiger partial charge in [0.1, 0.15) is 11.5 Å². The van der Waals surface area contributed by atoms with Crippen molar-refractivity contribution in [3.63, 3.8) is 0 Å². The zero-order chi connectivity index (χ0) is 20.0. The summed E-state index contributed by atoms with van der Waals surface area (Å²) in [7, 11) is 2.14. The Labute approximate surface area is 169 Å². The lowest BCUT2D eigenvalue weighted by molar-refractivity contribution is 0.311. The molecule has 0 saturated carbocycles. The van der Waals surface area contributed by atoms with Crippen LogP contribution in [0.5, 0.6) is 0 Å². The molecule has 8 nitrogen and oxygen atoms in total. The number of H-pyrrole nitrogens is 1. The Bertz CT molecular complexity index is 1070. The van der Waals surface area contributed by atoms with E-state index in [-0.39, 0.29) is 0 Å². The summed E-state index contributed by atoms with van der Waals surface area (Å²) < 4.78 is 0. The highest BCUT2D eigenvalue weighted by Gasteiger charge is 2.25. The van der Waals surface area contributed by atoms with E-state index in [2.05, 4.69) is 63.6 Å². The Morgan fingerprint density at radius 1 is 0.966 bits per heavy atom. The van der Waals surface area contributed by atoms with Crippen LogP contribution >= 0.6 is 0 Å². The van der Waals surface area contributed by atoms with Gasteiger partial charge < -0.3 is 15.1 Å². The van der Waals surface area contributed by atoms with Gasteiger partial charge in [-0.3, -0.25) is 5.10 Å².